The molecule has 30 heavy (non-hydrogen) atoms. The zero-order chi connectivity index (χ0) is 21.7. The van der Waals surface area contributed by atoms with Crippen LogP contribution in [0.15, 0.2) is 41.6 Å². The van der Waals surface area contributed by atoms with Crippen molar-refractivity contribution in [3.63, 3.8) is 0 Å². The van der Waals surface area contributed by atoms with E-state index in [9.17, 15) is 4.79 Å². The Morgan fingerprint density at radius 2 is 1.80 bits per heavy atom. The van der Waals surface area contributed by atoms with Crippen molar-refractivity contribution in [2.24, 2.45) is 0 Å². The number of benzene rings is 2. The summed E-state index contributed by atoms with van der Waals surface area (Å²) in [6, 6.07) is 10.5. The molecule has 0 bridgehead atoms. The number of rotatable bonds is 8. The van der Waals surface area contributed by atoms with Crippen LogP contribution in [0.3, 0.4) is 0 Å². The summed E-state index contributed by atoms with van der Waals surface area (Å²) in [5, 5.41) is 11.8. The number of ether oxygens (including phenoxy) is 3. The highest BCUT2D eigenvalue weighted by molar-refractivity contribution is 7.99. The van der Waals surface area contributed by atoms with Gasteiger partial charge in [0.15, 0.2) is 17.3 Å². The van der Waals surface area contributed by atoms with E-state index in [-0.39, 0.29) is 11.7 Å². The minimum atomic E-state index is -0.267. The largest absolute Gasteiger partial charge is 0.493 e. The SMILES string of the molecule is COc1cc(NC(=O)CSc2nnc(-c3ccccc3Cl)n2N)cc(OC)c1OC. The average molecular weight is 450 g/mol. The first-order valence-electron chi connectivity index (χ1n) is 8.66. The van der Waals surface area contributed by atoms with E-state index in [2.05, 4.69) is 15.5 Å². The second-order valence-corrected chi connectivity index (χ2v) is 7.26. The molecular weight excluding hydrogens is 430 g/mol. The molecule has 1 heterocycles. The number of amides is 1. The van der Waals surface area contributed by atoms with Crippen molar-refractivity contribution >= 4 is 35.0 Å². The van der Waals surface area contributed by atoms with E-state index >= 15 is 0 Å². The van der Waals surface area contributed by atoms with E-state index in [0.717, 1.165) is 11.8 Å². The molecule has 11 heteroatoms. The number of nitrogens with zero attached hydrogens (tertiary/aromatic N) is 3. The first-order valence-corrected chi connectivity index (χ1v) is 10.0. The maximum Gasteiger partial charge on any atom is 0.234 e. The fourth-order valence-electron chi connectivity index (χ4n) is 2.68. The van der Waals surface area contributed by atoms with E-state index in [1.165, 1.54) is 26.0 Å². The molecule has 0 aliphatic rings. The molecule has 0 radical (unpaired) electrons. The lowest BCUT2D eigenvalue weighted by Gasteiger charge is -2.14. The number of carbonyl (C=O) groups is 1. The average Bonchev–Trinajstić information content (AvgIpc) is 3.11. The topological polar surface area (TPSA) is 114 Å². The van der Waals surface area contributed by atoms with Gasteiger partial charge in [-0.05, 0) is 12.1 Å². The van der Waals surface area contributed by atoms with Crippen LogP contribution in [-0.2, 0) is 4.79 Å². The third-order valence-corrected chi connectivity index (χ3v) is 5.33. The van der Waals surface area contributed by atoms with Crippen molar-refractivity contribution in [3.8, 4) is 28.6 Å². The van der Waals surface area contributed by atoms with Gasteiger partial charge in [0.25, 0.3) is 0 Å². The number of nitrogen functional groups attached to an aromatic ring is 1. The summed E-state index contributed by atoms with van der Waals surface area (Å²) in [6.07, 6.45) is 0. The Hall–Kier alpha value is -3.11. The summed E-state index contributed by atoms with van der Waals surface area (Å²) < 4.78 is 17.2. The summed E-state index contributed by atoms with van der Waals surface area (Å²) in [5.74, 6) is 7.60. The van der Waals surface area contributed by atoms with Crippen LogP contribution in [0.1, 0.15) is 0 Å². The molecule has 0 atom stereocenters. The normalized spacial score (nSPS) is 10.5. The highest BCUT2D eigenvalue weighted by Crippen LogP contribution is 2.40. The minimum absolute atomic E-state index is 0.0640. The van der Waals surface area contributed by atoms with Gasteiger partial charge < -0.3 is 25.4 Å². The first kappa shape index (κ1) is 21.6. The van der Waals surface area contributed by atoms with Crippen LogP contribution in [0.5, 0.6) is 17.2 Å². The molecule has 3 N–H and O–H groups in total. The van der Waals surface area contributed by atoms with Gasteiger partial charge in [-0.15, -0.1) is 10.2 Å². The molecule has 0 aliphatic carbocycles. The Labute approximate surface area is 182 Å². The molecule has 0 saturated carbocycles. The van der Waals surface area contributed by atoms with Gasteiger partial charge >= 0.3 is 0 Å². The standard InChI is InChI=1S/C19H20ClN5O4S/c1-27-14-8-11(9-15(28-2)17(14)29-3)22-16(26)10-30-19-24-23-18(25(19)21)12-6-4-5-7-13(12)20/h4-9H,10,21H2,1-3H3,(H,22,26). The van der Waals surface area contributed by atoms with Crippen LogP contribution in [0.2, 0.25) is 5.02 Å². The number of thioether (sulfide) groups is 1. The van der Waals surface area contributed by atoms with Crippen LogP contribution in [0.4, 0.5) is 5.69 Å². The van der Waals surface area contributed by atoms with Gasteiger partial charge in [0.05, 0.1) is 32.1 Å². The Kier molecular flexibility index (Phi) is 6.91. The van der Waals surface area contributed by atoms with Crippen LogP contribution >= 0.6 is 23.4 Å². The highest BCUT2D eigenvalue weighted by atomic mass is 35.5. The molecule has 0 saturated heterocycles. The zero-order valence-electron chi connectivity index (χ0n) is 16.5. The maximum atomic E-state index is 12.4. The van der Waals surface area contributed by atoms with Crippen molar-refractivity contribution in [2.45, 2.75) is 5.16 Å². The molecule has 1 amide bonds. The van der Waals surface area contributed by atoms with Crippen molar-refractivity contribution in [3.05, 3.63) is 41.4 Å². The molecule has 0 fully saturated rings. The number of aromatic nitrogens is 3. The molecule has 3 aromatic rings. The van der Waals surface area contributed by atoms with Crippen LogP contribution in [0, 0.1) is 0 Å². The van der Waals surface area contributed by atoms with E-state index in [0.29, 0.717) is 44.5 Å². The summed E-state index contributed by atoms with van der Waals surface area (Å²) >= 11 is 7.34. The predicted molar refractivity (Wildman–Crippen MR) is 116 cm³/mol. The van der Waals surface area contributed by atoms with Crippen LogP contribution < -0.4 is 25.4 Å². The Bertz CT molecular complexity index is 1030. The molecule has 1 aromatic heterocycles. The Balaban J connectivity index is 1.69. The fourth-order valence-corrected chi connectivity index (χ4v) is 3.56. The minimum Gasteiger partial charge on any atom is -0.493 e. The molecule has 0 spiro atoms. The van der Waals surface area contributed by atoms with Gasteiger partial charge in [0.2, 0.25) is 16.8 Å². The second-order valence-electron chi connectivity index (χ2n) is 5.91. The maximum absolute atomic E-state index is 12.4. The molecule has 2 aromatic carbocycles. The quantitative estimate of drug-likeness (QED) is 0.398. The first-order chi connectivity index (χ1) is 14.5. The molecular formula is C19H20ClN5O4S. The smallest absolute Gasteiger partial charge is 0.234 e. The van der Waals surface area contributed by atoms with Gasteiger partial charge in [-0.2, -0.15) is 0 Å². The van der Waals surface area contributed by atoms with Crippen molar-refractivity contribution in [2.75, 3.05) is 38.2 Å². The lowest BCUT2D eigenvalue weighted by molar-refractivity contribution is -0.113. The zero-order valence-corrected chi connectivity index (χ0v) is 18.1. The highest BCUT2D eigenvalue weighted by Gasteiger charge is 2.17. The molecule has 0 unspecified atom stereocenters. The van der Waals surface area contributed by atoms with E-state index in [4.69, 9.17) is 31.7 Å². The molecule has 158 valence electrons. The third-order valence-electron chi connectivity index (χ3n) is 4.06. The number of carbonyl (C=O) groups excluding carboxylic acids is 1. The number of hydrogen-bond donors (Lipinski definition) is 2. The van der Waals surface area contributed by atoms with Crippen molar-refractivity contribution in [1.82, 2.24) is 14.9 Å². The lowest BCUT2D eigenvalue weighted by Crippen LogP contribution is -2.16. The summed E-state index contributed by atoms with van der Waals surface area (Å²) in [7, 11) is 4.52. The Morgan fingerprint density at radius 1 is 1.13 bits per heavy atom. The van der Waals surface area contributed by atoms with Gasteiger partial charge in [0, 0.05) is 23.4 Å². The van der Waals surface area contributed by atoms with E-state index in [1.807, 2.05) is 12.1 Å². The van der Waals surface area contributed by atoms with Gasteiger partial charge in [0.1, 0.15) is 0 Å². The second kappa shape index (κ2) is 9.59. The third kappa shape index (κ3) is 4.55. The molecule has 0 aliphatic heterocycles. The number of anilines is 1. The number of hydrogen-bond acceptors (Lipinski definition) is 8. The van der Waals surface area contributed by atoms with Crippen molar-refractivity contribution in [1.29, 1.82) is 0 Å². The van der Waals surface area contributed by atoms with Crippen molar-refractivity contribution < 1.29 is 19.0 Å². The summed E-state index contributed by atoms with van der Waals surface area (Å²) in [6.45, 7) is 0. The van der Waals surface area contributed by atoms with Crippen LogP contribution in [-0.4, -0.2) is 47.9 Å². The summed E-state index contributed by atoms with van der Waals surface area (Å²) in [5.41, 5.74) is 1.16. The van der Waals surface area contributed by atoms with E-state index in [1.54, 1.807) is 24.3 Å². The molecule has 9 nitrogen and oxygen atoms in total. The van der Waals surface area contributed by atoms with Gasteiger partial charge in [-0.25, -0.2) is 4.68 Å². The van der Waals surface area contributed by atoms with Gasteiger partial charge in [-0.3, -0.25) is 4.79 Å². The number of methoxy groups -OCH3 is 3. The van der Waals surface area contributed by atoms with Crippen LogP contribution in [0.25, 0.3) is 11.4 Å². The Morgan fingerprint density at radius 3 is 2.40 bits per heavy atom. The number of nitrogens with one attached hydrogen (secondary N) is 1. The fraction of sp³-hybridized carbons (Fsp3) is 0.211. The predicted octanol–water partition coefficient (Wildman–Crippen LogP) is 3.07. The monoisotopic (exact) mass is 449 g/mol. The van der Waals surface area contributed by atoms with Gasteiger partial charge in [-0.1, -0.05) is 35.5 Å². The van der Waals surface area contributed by atoms with E-state index < -0.39 is 0 Å². The number of halogens is 1. The lowest BCUT2D eigenvalue weighted by atomic mass is 10.2. The summed E-state index contributed by atoms with van der Waals surface area (Å²) in [4.78, 5) is 12.4. The number of nitrogens with two attached hydrogens (primary N) is 1. The molecule has 3 rings (SSSR count).